The predicted octanol–water partition coefficient (Wildman–Crippen LogP) is 6.39. The van der Waals surface area contributed by atoms with E-state index in [9.17, 15) is 0 Å². The van der Waals surface area contributed by atoms with Crippen molar-refractivity contribution in [1.82, 2.24) is 0 Å². The highest BCUT2D eigenvalue weighted by atomic mass is 16.1. The molecule has 4 heteroatoms. The molecule has 4 nitrogen and oxygen atoms in total. The van der Waals surface area contributed by atoms with Crippen molar-refractivity contribution in [2.24, 2.45) is 0 Å². The summed E-state index contributed by atoms with van der Waals surface area (Å²) in [5, 5.41) is 13.6. The molecule has 0 aliphatic heterocycles. The monoisotopic (exact) mass is 432 g/mol. The van der Waals surface area contributed by atoms with Crippen LogP contribution in [-0.4, -0.2) is 12.2 Å². The predicted molar refractivity (Wildman–Crippen MR) is 132 cm³/mol. The number of hydrogen-bond donors (Lipinski definition) is 2. The molecule has 33 heavy (non-hydrogen) atoms. The number of carbonyl (C=O) groups excluding carboxylic acids is 2. The molecule has 2 N–H and O–H groups in total. The summed E-state index contributed by atoms with van der Waals surface area (Å²) in [5.74, 6) is 0. The molecule has 0 bridgehead atoms. The Morgan fingerprint density at radius 3 is 1.64 bits per heavy atom. The molecule has 0 saturated carbocycles. The Balaban J connectivity index is 0.000000464. The van der Waals surface area contributed by atoms with Gasteiger partial charge in [-0.1, -0.05) is 109 Å². The van der Waals surface area contributed by atoms with Gasteiger partial charge in [0.2, 0.25) is 12.2 Å². The average molecular weight is 433 g/mol. The van der Waals surface area contributed by atoms with E-state index in [2.05, 4.69) is 109 Å². The molecule has 0 amide bonds. The fourth-order valence-electron chi connectivity index (χ4n) is 4.55. The Bertz CT molecular complexity index is 1240. The van der Waals surface area contributed by atoms with Gasteiger partial charge in [-0.25, -0.2) is 20.4 Å². The summed E-state index contributed by atoms with van der Waals surface area (Å²) in [6.07, 6.45) is 8.30. The van der Waals surface area contributed by atoms with Crippen LogP contribution in [0.2, 0.25) is 0 Å². The quantitative estimate of drug-likeness (QED) is 0.289. The highest BCUT2D eigenvalue weighted by Gasteiger charge is 2.34. The molecule has 5 rings (SSSR count). The smallest absolute Gasteiger partial charge is 0.222 e. The van der Waals surface area contributed by atoms with Crippen molar-refractivity contribution >= 4 is 29.0 Å². The first kappa shape index (κ1) is 23.3. The van der Waals surface area contributed by atoms with E-state index < -0.39 is 0 Å². The van der Waals surface area contributed by atoms with E-state index in [0.717, 1.165) is 25.0 Å². The Hall–Kier alpha value is -4.36. The minimum Gasteiger partial charge on any atom is -0.222 e. The molecular formula is C29H24N2O2. The second-order valence-corrected chi connectivity index (χ2v) is 7.77. The Kier molecular flexibility index (Phi) is 7.99. The van der Waals surface area contributed by atoms with E-state index in [1.54, 1.807) is 0 Å². The Morgan fingerprint density at radius 2 is 1.12 bits per heavy atom. The molecule has 0 unspecified atom stereocenters. The zero-order valence-electron chi connectivity index (χ0n) is 18.1. The maximum absolute atomic E-state index is 8.35. The molecule has 0 heterocycles. The molecule has 0 atom stereocenters. The normalized spacial score (nSPS) is 12.2. The van der Waals surface area contributed by atoms with Gasteiger partial charge in [0.25, 0.3) is 0 Å². The molecule has 0 fully saturated rings. The van der Waals surface area contributed by atoms with E-state index in [0.29, 0.717) is 0 Å². The number of allylic oxidation sites excluding steroid dienone is 1. The number of isocyanates is 2. The van der Waals surface area contributed by atoms with Crippen molar-refractivity contribution < 1.29 is 9.59 Å². The van der Waals surface area contributed by atoms with Crippen molar-refractivity contribution in [3.05, 3.63) is 125 Å². The summed E-state index contributed by atoms with van der Waals surface area (Å²) in [5.41, 5.74) is 5.52. The molecule has 0 aromatic heterocycles. The van der Waals surface area contributed by atoms with Crippen LogP contribution >= 0.6 is 0 Å². The summed E-state index contributed by atoms with van der Waals surface area (Å²) in [7, 11) is 0. The molecule has 0 radical (unpaired) electrons. The fraction of sp³-hybridized carbons (Fsp3) is 0.103. The van der Waals surface area contributed by atoms with Crippen LogP contribution in [-0.2, 0) is 27.8 Å². The van der Waals surface area contributed by atoms with Gasteiger partial charge in [0.15, 0.2) is 0 Å². The first-order valence-corrected chi connectivity index (χ1v) is 10.5. The van der Waals surface area contributed by atoms with Gasteiger partial charge in [-0.3, -0.25) is 0 Å². The number of nitrogens with one attached hydrogen (secondary N) is 2. The van der Waals surface area contributed by atoms with E-state index in [-0.39, 0.29) is 5.41 Å². The Morgan fingerprint density at radius 1 is 0.636 bits per heavy atom. The van der Waals surface area contributed by atoms with Gasteiger partial charge in [-0.2, -0.15) is 0 Å². The molecule has 0 spiro atoms. The van der Waals surface area contributed by atoms with Gasteiger partial charge >= 0.3 is 0 Å². The van der Waals surface area contributed by atoms with E-state index in [4.69, 9.17) is 20.4 Å². The first-order valence-electron chi connectivity index (χ1n) is 10.5. The van der Waals surface area contributed by atoms with Crippen LogP contribution < -0.4 is 0 Å². The average Bonchev–Trinajstić information content (AvgIpc) is 2.84. The van der Waals surface area contributed by atoms with E-state index in [1.165, 1.54) is 33.0 Å². The molecule has 4 aromatic carbocycles. The van der Waals surface area contributed by atoms with Crippen molar-refractivity contribution in [3.8, 4) is 0 Å². The first-order chi connectivity index (χ1) is 16.2. The van der Waals surface area contributed by atoms with E-state index >= 15 is 0 Å². The summed E-state index contributed by atoms with van der Waals surface area (Å²) in [6, 6.07) is 35.2. The SMILES string of the molecule is C1=CC(Cc2ccccc2)(Cc2ccccc2)c2cccc3cccc1c23.N=C=O.N=C=O. The number of rotatable bonds is 4. The number of hydrogen-bond acceptors (Lipinski definition) is 4. The van der Waals surface area contributed by atoms with Crippen molar-refractivity contribution in [2.45, 2.75) is 18.3 Å². The van der Waals surface area contributed by atoms with Gasteiger partial charge in [-0.05, 0) is 45.9 Å². The standard InChI is InChI=1S/C27H22.2CHNO/c1-3-9-21(10-4-1)19-27(20-22-11-5-2-6-12-22)18-17-24-14-7-13-23-15-8-16-25(27)26(23)24;2*2-1-3/h1-18H,19-20H2;2*2H. The van der Waals surface area contributed by atoms with Gasteiger partial charge in [0.1, 0.15) is 0 Å². The lowest BCUT2D eigenvalue weighted by atomic mass is 9.67. The van der Waals surface area contributed by atoms with Crippen molar-refractivity contribution in [3.63, 3.8) is 0 Å². The molecule has 162 valence electrons. The number of benzene rings is 4. The third kappa shape index (κ3) is 5.47. The van der Waals surface area contributed by atoms with Crippen LogP contribution in [0.4, 0.5) is 0 Å². The molecule has 1 aliphatic rings. The third-order valence-corrected chi connectivity index (χ3v) is 5.78. The molecule has 4 aromatic rings. The third-order valence-electron chi connectivity index (χ3n) is 5.78. The van der Waals surface area contributed by atoms with Crippen LogP contribution in [0.25, 0.3) is 16.8 Å². The lowest BCUT2D eigenvalue weighted by molar-refractivity contribution is 0.532. The highest BCUT2D eigenvalue weighted by Crippen LogP contribution is 2.43. The van der Waals surface area contributed by atoms with Gasteiger partial charge in [0, 0.05) is 5.41 Å². The maximum Gasteiger partial charge on any atom is 0.231 e. The maximum atomic E-state index is 8.35. The minimum absolute atomic E-state index is 0.0312. The lowest BCUT2D eigenvalue weighted by Gasteiger charge is -2.36. The summed E-state index contributed by atoms with van der Waals surface area (Å²) in [6.45, 7) is 0. The van der Waals surface area contributed by atoms with E-state index in [1.807, 2.05) is 0 Å². The Labute approximate surface area is 193 Å². The summed E-state index contributed by atoms with van der Waals surface area (Å²) in [4.78, 5) is 16.7. The fourth-order valence-corrected chi connectivity index (χ4v) is 4.55. The van der Waals surface area contributed by atoms with Crippen molar-refractivity contribution in [2.75, 3.05) is 0 Å². The summed E-state index contributed by atoms with van der Waals surface area (Å²) >= 11 is 0. The van der Waals surface area contributed by atoms with Crippen LogP contribution in [0.5, 0.6) is 0 Å². The topological polar surface area (TPSA) is 81.8 Å². The molecule has 1 aliphatic carbocycles. The van der Waals surface area contributed by atoms with Crippen molar-refractivity contribution in [1.29, 1.82) is 10.8 Å². The van der Waals surface area contributed by atoms with Crippen LogP contribution in [0.3, 0.4) is 0 Å². The second-order valence-electron chi connectivity index (χ2n) is 7.77. The second kappa shape index (κ2) is 11.3. The van der Waals surface area contributed by atoms with Crippen LogP contribution in [0.15, 0.2) is 103 Å². The molecule has 0 saturated heterocycles. The van der Waals surface area contributed by atoms with Gasteiger partial charge < -0.3 is 0 Å². The zero-order chi connectivity index (χ0) is 23.5. The zero-order valence-corrected chi connectivity index (χ0v) is 18.1. The van der Waals surface area contributed by atoms with Gasteiger partial charge in [0.05, 0.1) is 0 Å². The lowest BCUT2D eigenvalue weighted by Crippen LogP contribution is -2.31. The highest BCUT2D eigenvalue weighted by molar-refractivity contribution is 5.96. The molecular weight excluding hydrogens is 408 g/mol. The minimum atomic E-state index is -0.0312. The van der Waals surface area contributed by atoms with Gasteiger partial charge in [-0.15, -0.1) is 0 Å². The largest absolute Gasteiger partial charge is 0.231 e. The summed E-state index contributed by atoms with van der Waals surface area (Å²) < 4.78 is 0. The van der Waals surface area contributed by atoms with Crippen LogP contribution in [0.1, 0.15) is 22.3 Å². The van der Waals surface area contributed by atoms with Crippen LogP contribution in [0, 0.1) is 10.8 Å².